The second kappa shape index (κ2) is 4.72. The van der Waals surface area contributed by atoms with E-state index in [0.717, 1.165) is 24.8 Å². The summed E-state index contributed by atoms with van der Waals surface area (Å²) in [7, 11) is 0. The fourth-order valence-corrected chi connectivity index (χ4v) is 4.41. The molecule has 22 heavy (non-hydrogen) atoms. The molecule has 1 amide bonds. The number of rotatable bonds is 3. The average Bonchev–Trinajstić information content (AvgIpc) is 2.96. The standard InChI is InChI=1S/C17H18ClNO3/c18-11-4-2-10(3-5-11)17(6-1-7-17)16(22)19-8-12-13(9-19)14(12)15(20)21/h2-5,12-14H,1,6-9H2,(H,20,21)/t12-,13+,14?. The zero-order chi connectivity index (χ0) is 15.5. The summed E-state index contributed by atoms with van der Waals surface area (Å²) in [4.78, 5) is 26.0. The number of hydrogen-bond acceptors (Lipinski definition) is 2. The van der Waals surface area contributed by atoms with E-state index in [2.05, 4.69) is 0 Å². The van der Waals surface area contributed by atoms with Gasteiger partial charge >= 0.3 is 5.97 Å². The molecule has 0 radical (unpaired) electrons. The van der Waals surface area contributed by atoms with Crippen molar-refractivity contribution in [1.29, 1.82) is 0 Å². The van der Waals surface area contributed by atoms with Crippen molar-refractivity contribution < 1.29 is 14.7 Å². The van der Waals surface area contributed by atoms with E-state index in [-0.39, 0.29) is 23.7 Å². The van der Waals surface area contributed by atoms with Gasteiger partial charge in [-0.05, 0) is 42.4 Å². The molecule has 0 bridgehead atoms. The molecule has 1 aromatic carbocycles. The molecule has 3 aliphatic rings. The molecular formula is C17H18ClNO3. The summed E-state index contributed by atoms with van der Waals surface area (Å²) in [5.41, 5.74) is 0.642. The van der Waals surface area contributed by atoms with Crippen molar-refractivity contribution in [3.8, 4) is 0 Å². The van der Waals surface area contributed by atoms with Gasteiger partial charge in [-0.1, -0.05) is 30.2 Å². The van der Waals surface area contributed by atoms with E-state index in [9.17, 15) is 9.59 Å². The van der Waals surface area contributed by atoms with Crippen molar-refractivity contribution in [2.75, 3.05) is 13.1 Å². The first-order valence-electron chi connectivity index (χ1n) is 7.81. The molecule has 4 nitrogen and oxygen atoms in total. The lowest BCUT2D eigenvalue weighted by Gasteiger charge is -2.43. The first-order chi connectivity index (χ1) is 10.5. The van der Waals surface area contributed by atoms with Crippen LogP contribution < -0.4 is 0 Å². The molecule has 1 heterocycles. The van der Waals surface area contributed by atoms with E-state index >= 15 is 0 Å². The van der Waals surface area contributed by atoms with Gasteiger partial charge in [0.2, 0.25) is 5.91 Å². The monoisotopic (exact) mass is 319 g/mol. The number of carbonyl (C=O) groups excluding carboxylic acids is 1. The molecule has 5 heteroatoms. The van der Waals surface area contributed by atoms with Crippen LogP contribution in [0.1, 0.15) is 24.8 Å². The molecule has 1 unspecified atom stereocenters. The Morgan fingerprint density at radius 2 is 1.73 bits per heavy atom. The van der Waals surface area contributed by atoms with Crippen LogP contribution in [-0.4, -0.2) is 35.0 Å². The Labute approximate surface area is 134 Å². The third kappa shape index (κ3) is 1.89. The second-order valence-electron chi connectivity index (χ2n) is 6.84. The lowest BCUT2D eigenvalue weighted by molar-refractivity contribution is -0.144. The Balaban J connectivity index is 1.52. The molecule has 1 aliphatic heterocycles. The van der Waals surface area contributed by atoms with Crippen molar-refractivity contribution in [2.24, 2.45) is 17.8 Å². The quantitative estimate of drug-likeness (QED) is 0.931. The number of carboxylic acid groups (broad SMARTS) is 1. The minimum Gasteiger partial charge on any atom is -0.481 e. The average molecular weight is 320 g/mol. The molecule has 1 aromatic rings. The van der Waals surface area contributed by atoms with E-state index in [0.29, 0.717) is 18.1 Å². The van der Waals surface area contributed by atoms with Crippen LogP contribution in [-0.2, 0) is 15.0 Å². The van der Waals surface area contributed by atoms with E-state index < -0.39 is 11.4 Å². The van der Waals surface area contributed by atoms with Gasteiger partial charge in [0, 0.05) is 18.1 Å². The summed E-state index contributed by atoms with van der Waals surface area (Å²) in [5.74, 6) is -0.417. The van der Waals surface area contributed by atoms with Crippen LogP contribution in [0.3, 0.4) is 0 Å². The lowest BCUT2D eigenvalue weighted by Crippen LogP contribution is -2.51. The molecule has 1 N–H and O–H groups in total. The Bertz CT molecular complexity index is 626. The fourth-order valence-electron chi connectivity index (χ4n) is 4.29. The topological polar surface area (TPSA) is 57.6 Å². The number of halogens is 1. The molecule has 0 spiro atoms. The molecule has 2 aliphatic carbocycles. The lowest BCUT2D eigenvalue weighted by atomic mass is 9.63. The minimum atomic E-state index is -0.710. The number of hydrogen-bond donors (Lipinski definition) is 1. The third-order valence-corrected chi connectivity index (χ3v) is 6.03. The predicted octanol–water partition coefficient (Wildman–Crippen LogP) is 2.55. The van der Waals surface area contributed by atoms with Crippen molar-refractivity contribution in [2.45, 2.75) is 24.7 Å². The number of carboxylic acids is 1. The summed E-state index contributed by atoms with van der Waals surface area (Å²) in [6.07, 6.45) is 2.82. The maximum absolute atomic E-state index is 13.0. The second-order valence-corrected chi connectivity index (χ2v) is 7.28. The smallest absolute Gasteiger partial charge is 0.307 e. The number of fused-ring (bicyclic) bond motifs is 1. The first kappa shape index (κ1) is 14.1. The fraction of sp³-hybridized carbons (Fsp3) is 0.529. The van der Waals surface area contributed by atoms with Gasteiger partial charge in [0.05, 0.1) is 11.3 Å². The van der Waals surface area contributed by atoms with Gasteiger partial charge in [-0.25, -0.2) is 0 Å². The van der Waals surface area contributed by atoms with Crippen LogP contribution in [0.2, 0.25) is 5.02 Å². The predicted molar refractivity (Wildman–Crippen MR) is 81.7 cm³/mol. The van der Waals surface area contributed by atoms with Crippen molar-refractivity contribution in [1.82, 2.24) is 4.90 Å². The highest BCUT2D eigenvalue weighted by Gasteiger charge is 2.62. The minimum absolute atomic E-state index is 0.170. The van der Waals surface area contributed by atoms with Gasteiger partial charge in [-0.3, -0.25) is 9.59 Å². The first-order valence-corrected chi connectivity index (χ1v) is 8.19. The summed E-state index contributed by atoms with van der Waals surface area (Å²) in [6, 6.07) is 7.59. The molecule has 1 saturated heterocycles. The summed E-state index contributed by atoms with van der Waals surface area (Å²) in [5, 5.41) is 9.77. The van der Waals surface area contributed by atoms with Crippen LogP contribution in [0.25, 0.3) is 0 Å². The number of benzene rings is 1. The molecule has 3 fully saturated rings. The van der Waals surface area contributed by atoms with Gasteiger partial charge in [-0.2, -0.15) is 0 Å². The molecule has 3 atom stereocenters. The highest BCUT2D eigenvalue weighted by Crippen LogP contribution is 2.54. The zero-order valence-corrected chi connectivity index (χ0v) is 12.9. The van der Waals surface area contributed by atoms with E-state index in [1.54, 1.807) is 0 Å². The number of carbonyl (C=O) groups is 2. The van der Waals surface area contributed by atoms with Crippen LogP contribution in [0.15, 0.2) is 24.3 Å². The molecule has 4 rings (SSSR count). The third-order valence-electron chi connectivity index (χ3n) is 5.78. The van der Waals surface area contributed by atoms with Crippen LogP contribution in [0.5, 0.6) is 0 Å². The van der Waals surface area contributed by atoms with Crippen molar-refractivity contribution >= 4 is 23.5 Å². The van der Waals surface area contributed by atoms with Crippen molar-refractivity contribution in [3.05, 3.63) is 34.9 Å². The Morgan fingerprint density at radius 3 is 2.18 bits per heavy atom. The normalized spacial score (nSPS) is 31.3. The maximum atomic E-state index is 13.0. The Kier molecular flexibility index (Phi) is 3.02. The zero-order valence-electron chi connectivity index (χ0n) is 12.2. The highest BCUT2D eigenvalue weighted by molar-refractivity contribution is 6.30. The van der Waals surface area contributed by atoms with E-state index in [1.807, 2.05) is 29.2 Å². The Hall–Kier alpha value is -1.55. The van der Waals surface area contributed by atoms with Gasteiger partial charge in [0.15, 0.2) is 0 Å². The summed E-state index contributed by atoms with van der Waals surface area (Å²) in [6.45, 7) is 1.21. The molecule has 2 saturated carbocycles. The summed E-state index contributed by atoms with van der Waals surface area (Å²) < 4.78 is 0. The molecule has 0 aromatic heterocycles. The van der Waals surface area contributed by atoms with Crippen molar-refractivity contribution in [3.63, 3.8) is 0 Å². The number of aliphatic carboxylic acids is 1. The van der Waals surface area contributed by atoms with Crippen LogP contribution in [0.4, 0.5) is 0 Å². The Morgan fingerprint density at radius 1 is 1.14 bits per heavy atom. The van der Waals surface area contributed by atoms with Gasteiger partial charge in [-0.15, -0.1) is 0 Å². The largest absolute Gasteiger partial charge is 0.481 e. The molecular weight excluding hydrogens is 302 g/mol. The van der Waals surface area contributed by atoms with Crippen LogP contribution >= 0.6 is 11.6 Å². The summed E-state index contributed by atoms with van der Waals surface area (Å²) >= 11 is 5.95. The van der Waals surface area contributed by atoms with E-state index in [1.165, 1.54) is 0 Å². The number of piperidine rings is 1. The highest BCUT2D eigenvalue weighted by atomic mass is 35.5. The van der Waals surface area contributed by atoms with Gasteiger partial charge in [0.25, 0.3) is 0 Å². The molecule has 116 valence electrons. The number of amides is 1. The van der Waals surface area contributed by atoms with Crippen LogP contribution in [0, 0.1) is 17.8 Å². The maximum Gasteiger partial charge on any atom is 0.307 e. The number of nitrogens with zero attached hydrogens (tertiary/aromatic N) is 1. The SMILES string of the molecule is O=C(O)C1[C@H]2CN(C(=O)C3(c4ccc(Cl)cc4)CCC3)C[C@@H]12. The van der Waals surface area contributed by atoms with Gasteiger partial charge in [0.1, 0.15) is 0 Å². The number of likely N-dealkylation sites (tertiary alicyclic amines) is 1. The van der Waals surface area contributed by atoms with E-state index in [4.69, 9.17) is 16.7 Å². The van der Waals surface area contributed by atoms with Gasteiger partial charge < -0.3 is 10.0 Å².